The first-order chi connectivity index (χ1) is 17.1. The Morgan fingerprint density at radius 3 is 2.44 bits per heavy atom. The Kier molecular flexibility index (Phi) is 7.51. The van der Waals surface area contributed by atoms with Gasteiger partial charge in [-0.15, -0.1) is 0 Å². The number of amides is 1. The summed E-state index contributed by atoms with van der Waals surface area (Å²) < 4.78 is 45.0. The number of fused-ring (bicyclic) bond motifs is 1. The largest absolute Gasteiger partial charge is 0.506 e. The van der Waals surface area contributed by atoms with E-state index in [1.54, 1.807) is 0 Å². The van der Waals surface area contributed by atoms with E-state index in [0.717, 1.165) is 0 Å². The average molecular weight is 538 g/mol. The molecule has 11 heteroatoms. The maximum atomic E-state index is 14.4. The number of carboxylic acid groups (broad SMARTS) is 1. The first kappa shape index (κ1) is 25.5. The number of hydrogen-bond acceptors (Lipinski definition) is 5. The second-order valence-electron chi connectivity index (χ2n) is 7.85. The Labute approximate surface area is 214 Å². The maximum absolute atomic E-state index is 14.4. The van der Waals surface area contributed by atoms with Crippen molar-refractivity contribution < 1.29 is 37.7 Å². The molecule has 0 aliphatic carbocycles. The van der Waals surface area contributed by atoms with Crippen LogP contribution < -0.4 is 14.8 Å². The third-order valence-electron chi connectivity index (χ3n) is 5.37. The summed E-state index contributed by atoms with van der Waals surface area (Å²) >= 11 is 12.0. The fraction of sp³-hybridized carbons (Fsp3) is 0.200. The van der Waals surface area contributed by atoms with E-state index in [1.165, 1.54) is 60.7 Å². The van der Waals surface area contributed by atoms with Crippen LogP contribution in [-0.4, -0.2) is 30.3 Å². The number of rotatable bonds is 7. The molecule has 1 heterocycles. The monoisotopic (exact) mass is 537 g/mol. The number of carbonyl (C=O) groups excluding carboxylic acids is 1. The smallest absolute Gasteiger partial charge is 0.493 e. The fourth-order valence-corrected chi connectivity index (χ4v) is 3.91. The van der Waals surface area contributed by atoms with Crippen molar-refractivity contribution in [2.75, 3.05) is 13.2 Å². The van der Waals surface area contributed by atoms with Gasteiger partial charge in [0.25, 0.3) is 11.8 Å². The van der Waals surface area contributed by atoms with Crippen LogP contribution in [0.1, 0.15) is 34.0 Å². The van der Waals surface area contributed by atoms with E-state index in [-0.39, 0.29) is 28.5 Å². The van der Waals surface area contributed by atoms with Crippen LogP contribution in [0.3, 0.4) is 0 Å². The van der Waals surface area contributed by atoms with Crippen molar-refractivity contribution in [3.8, 4) is 17.2 Å². The van der Waals surface area contributed by atoms with Crippen molar-refractivity contribution >= 4 is 35.3 Å². The summed E-state index contributed by atoms with van der Waals surface area (Å²) in [5, 5.41) is 11.7. The summed E-state index contributed by atoms with van der Waals surface area (Å²) in [7, 11) is 0. The molecule has 0 spiro atoms. The predicted molar refractivity (Wildman–Crippen MR) is 128 cm³/mol. The van der Waals surface area contributed by atoms with Crippen LogP contribution in [0.25, 0.3) is 0 Å². The molecule has 4 rings (SSSR count). The summed E-state index contributed by atoms with van der Waals surface area (Å²) in [6, 6.07) is 14.0. The zero-order chi connectivity index (χ0) is 25.9. The van der Waals surface area contributed by atoms with Gasteiger partial charge in [-0.05, 0) is 42.5 Å². The molecule has 1 aliphatic heterocycles. The minimum absolute atomic E-state index is 0.155. The summed E-state index contributed by atoms with van der Waals surface area (Å²) in [5.41, 5.74) is 0.383. The Morgan fingerprint density at radius 1 is 1.08 bits per heavy atom. The number of benzene rings is 3. The van der Waals surface area contributed by atoms with Crippen LogP contribution >= 0.6 is 23.2 Å². The van der Waals surface area contributed by atoms with Gasteiger partial charge in [0.05, 0.1) is 18.2 Å². The average Bonchev–Trinajstić information content (AvgIpc) is 2.84. The van der Waals surface area contributed by atoms with Crippen LogP contribution in [0.5, 0.6) is 17.2 Å². The standard InChI is InChI=1S/C25H19Cl2F2NO6/c26-16-5-3-15(4-6-16)25(28,29)13-30-23(31)14-1-7-17(8-2-14)35-22-12-21-18(11-19(22)27)20(9-10-34-21)36-24(32)33/h1-8,11-12,20H,9-10,13H2,(H,30,31)(H,32,33). The molecular weight excluding hydrogens is 519 g/mol. The Hall–Kier alpha value is -3.56. The number of hydrogen-bond donors (Lipinski definition) is 2. The Balaban J connectivity index is 1.40. The lowest BCUT2D eigenvalue weighted by molar-refractivity contribution is -0.00248. The number of carbonyl (C=O) groups is 2. The van der Waals surface area contributed by atoms with Gasteiger partial charge in [0.1, 0.15) is 23.4 Å². The van der Waals surface area contributed by atoms with Crippen LogP contribution in [0.4, 0.5) is 13.6 Å². The first-order valence-corrected chi connectivity index (χ1v) is 11.4. The van der Waals surface area contributed by atoms with E-state index >= 15 is 0 Å². The molecule has 0 aromatic heterocycles. The molecule has 7 nitrogen and oxygen atoms in total. The van der Waals surface area contributed by atoms with Crippen molar-refractivity contribution in [1.82, 2.24) is 5.32 Å². The van der Waals surface area contributed by atoms with E-state index < -0.39 is 30.6 Å². The Bertz CT molecular complexity index is 1270. The summed E-state index contributed by atoms with van der Waals surface area (Å²) in [6.07, 6.45) is -1.75. The van der Waals surface area contributed by atoms with Crippen molar-refractivity contribution in [2.24, 2.45) is 0 Å². The van der Waals surface area contributed by atoms with Crippen molar-refractivity contribution in [3.05, 3.63) is 87.4 Å². The minimum atomic E-state index is -3.27. The summed E-state index contributed by atoms with van der Waals surface area (Å²) in [4.78, 5) is 23.3. The summed E-state index contributed by atoms with van der Waals surface area (Å²) in [6.45, 7) is -0.629. The molecule has 1 aliphatic rings. The van der Waals surface area contributed by atoms with E-state index in [2.05, 4.69) is 5.32 Å². The van der Waals surface area contributed by atoms with Crippen molar-refractivity contribution in [1.29, 1.82) is 0 Å². The van der Waals surface area contributed by atoms with E-state index in [9.17, 15) is 18.4 Å². The van der Waals surface area contributed by atoms with E-state index in [4.69, 9.17) is 42.5 Å². The van der Waals surface area contributed by atoms with Crippen LogP contribution in [0.2, 0.25) is 10.0 Å². The molecule has 3 aromatic rings. The van der Waals surface area contributed by atoms with Gasteiger partial charge in [-0.25, -0.2) is 4.79 Å². The topological polar surface area (TPSA) is 94.1 Å². The third-order valence-corrected chi connectivity index (χ3v) is 5.92. The first-order valence-electron chi connectivity index (χ1n) is 10.7. The molecule has 0 saturated heterocycles. The number of ether oxygens (including phenoxy) is 3. The molecule has 1 unspecified atom stereocenters. The van der Waals surface area contributed by atoms with Gasteiger partial charge in [0.15, 0.2) is 0 Å². The van der Waals surface area contributed by atoms with Crippen LogP contribution in [0.15, 0.2) is 60.7 Å². The van der Waals surface area contributed by atoms with Gasteiger partial charge < -0.3 is 24.6 Å². The van der Waals surface area contributed by atoms with Gasteiger partial charge in [-0.2, -0.15) is 8.78 Å². The van der Waals surface area contributed by atoms with Crippen molar-refractivity contribution in [3.63, 3.8) is 0 Å². The molecule has 188 valence electrons. The van der Waals surface area contributed by atoms with Gasteiger partial charge in [0.2, 0.25) is 0 Å². The molecule has 2 N–H and O–H groups in total. The molecule has 3 aromatic carbocycles. The molecular formula is C25H19Cl2F2NO6. The Morgan fingerprint density at radius 2 is 1.78 bits per heavy atom. The van der Waals surface area contributed by atoms with Crippen molar-refractivity contribution in [2.45, 2.75) is 18.4 Å². The quantitative estimate of drug-likeness (QED) is 0.321. The highest BCUT2D eigenvalue weighted by Crippen LogP contribution is 2.42. The highest BCUT2D eigenvalue weighted by atomic mass is 35.5. The van der Waals surface area contributed by atoms with Crippen LogP contribution in [-0.2, 0) is 10.7 Å². The van der Waals surface area contributed by atoms with Gasteiger partial charge in [-0.3, -0.25) is 4.79 Å². The second kappa shape index (κ2) is 10.6. The summed E-state index contributed by atoms with van der Waals surface area (Å²) in [5.74, 6) is -3.01. The zero-order valence-electron chi connectivity index (χ0n) is 18.5. The molecule has 0 bridgehead atoms. The molecule has 1 atom stereocenters. The lowest BCUT2D eigenvalue weighted by Gasteiger charge is -2.25. The molecule has 36 heavy (non-hydrogen) atoms. The molecule has 0 saturated carbocycles. The highest BCUT2D eigenvalue weighted by molar-refractivity contribution is 6.32. The third kappa shape index (κ3) is 5.98. The van der Waals surface area contributed by atoms with E-state index in [1.807, 2.05) is 0 Å². The van der Waals surface area contributed by atoms with Gasteiger partial charge in [0, 0.05) is 34.2 Å². The van der Waals surface area contributed by atoms with Gasteiger partial charge >= 0.3 is 6.16 Å². The minimum Gasteiger partial charge on any atom is -0.493 e. The number of alkyl halides is 2. The number of halogens is 4. The number of nitrogens with one attached hydrogen (secondary N) is 1. The normalized spacial score (nSPS) is 14.8. The SMILES string of the molecule is O=C(O)OC1CCOc2cc(Oc3ccc(C(=O)NCC(F)(F)c4ccc(Cl)cc4)cc3)c(Cl)cc21. The molecule has 0 fully saturated rings. The van der Waals surface area contributed by atoms with Crippen LogP contribution in [0, 0.1) is 0 Å². The second-order valence-corrected chi connectivity index (χ2v) is 8.69. The predicted octanol–water partition coefficient (Wildman–Crippen LogP) is 6.83. The lowest BCUT2D eigenvalue weighted by Crippen LogP contribution is -2.34. The van der Waals surface area contributed by atoms with Gasteiger partial charge in [-0.1, -0.05) is 35.3 Å². The molecule has 0 radical (unpaired) electrons. The van der Waals surface area contributed by atoms with E-state index in [0.29, 0.717) is 28.5 Å². The zero-order valence-corrected chi connectivity index (χ0v) is 20.0. The highest BCUT2D eigenvalue weighted by Gasteiger charge is 2.32. The maximum Gasteiger partial charge on any atom is 0.506 e. The fourth-order valence-electron chi connectivity index (χ4n) is 3.57. The lowest BCUT2D eigenvalue weighted by atomic mass is 10.0. The molecule has 1 amide bonds.